The molecule has 2 aliphatic carbocycles. The molecule has 1 aromatic rings. The molecule has 0 unspecified atom stereocenters. The molecule has 0 atom stereocenters. The average Bonchev–Trinajstić information content (AvgIpc) is 2.85. The predicted molar refractivity (Wildman–Crippen MR) is 74.9 cm³/mol. The van der Waals surface area contributed by atoms with Crippen molar-refractivity contribution in [3.63, 3.8) is 0 Å². The topological polar surface area (TPSA) is 32.3 Å². The van der Waals surface area contributed by atoms with Crippen molar-refractivity contribution < 1.29 is 5.11 Å². The summed E-state index contributed by atoms with van der Waals surface area (Å²) in [6, 6.07) is 6.84. The van der Waals surface area contributed by atoms with Crippen molar-refractivity contribution in [3.8, 4) is 0 Å². The highest BCUT2D eigenvalue weighted by Gasteiger charge is 2.19. The second-order valence-electron chi connectivity index (χ2n) is 5.89. The van der Waals surface area contributed by atoms with Gasteiger partial charge in [-0.1, -0.05) is 6.07 Å². The maximum atomic E-state index is 9.50. The highest BCUT2D eigenvalue weighted by Crippen LogP contribution is 2.27. The zero-order valence-electron chi connectivity index (χ0n) is 11.0. The molecule has 0 saturated heterocycles. The van der Waals surface area contributed by atoms with Gasteiger partial charge in [0.05, 0.1) is 6.10 Å². The molecule has 0 aromatic heterocycles. The van der Waals surface area contributed by atoms with Crippen LogP contribution in [0.5, 0.6) is 0 Å². The third-order valence-electron chi connectivity index (χ3n) is 4.51. The van der Waals surface area contributed by atoms with E-state index in [0.717, 1.165) is 25.3 Å². The van der Waals surface area contributed by atoms with Gasteiger partial charge in [0.1, 0.15) is 0 Å². The first-order chi connectivity index (χ1) is 8.81. The fourth-order valence-electron chi connectivity index (χ4n) is 3.29. The van der Waals surface area contributed by atoms with Gasteiger partial charge in [-0.15, -0.1) is 0 Å². The highest BCUT2D eigenvalue weighted by molar-refractivity contribution is 5.50. The minimum atomic E-state index is -0.0405. The third kappa shape index (κ3) is 2.69. The van der Waals surface area contributed by atoms with E-state index in [2.05, 4.69) is 23.5 Å². The first kappa shape index (κ1) is 12.0. The van der Waals surface area contributed by atoms with Gasteiger partial charge >= 0.3 is 0 Å². The Morgan fingerprint density at radius 2 is 1.83 bits per heavy atom. The summed E-state index contributed by atoms with van der Waals surface area (Å²) in [7, 11) is 0. The molecule has 0 aliphatic heterocycles. The molecule has 1 aromatic carbocycles. The van der Waals surface area contributed by atoms with E-state index >= 15 is 0 Å². The first-order valence-electron chi connectivity index (χ1n) is 7.35. The zero-order chi connectivity index (χ0) is 12.4. The first-order valence-corrected chi connectivity index (χ1v) is 7.35. The fraction of sp³-hybridized carbons (Fsp3) is 0.625. The molecule has 2 heteroatoms. The highest BCUT2D eigenvalue weighted by atomic mass is 16.3. The molecule has 3 rings (SSSR count). The number of benzene rings is 1. The van der Waals surface area contributed by atoms with Crippen molar-refractivity contribution in [1.82, 2.24) is 0 Å². The van der Waals surface area contributed by atoms with E-state index in [1.54, 1.807) is 11.1 Å². The Labute approximate surface area is 109 Å². The van der Waals surface area contributed by atoms with E-state index in [4.69, 9.17) is 0 Å². The summed E-state index contributed by atoms with van der Waals surface area (Å²) in [4.78, 5) is 0. The number of rotatable bonds is 3. The summed E-state index contributed by atoms with van der Waals surface area (Å²) in [5.74, 6) is 0.738. The van der Waals surface area contributed by atoms with Gasteiger partial charge in [0.15, 0.2) is 0 Å². The van der Waals surface area contributed by atoms with Crippen molar-refractivity contribution in [2.75, 3.05) is 11.9 Å². The fourth-order valence-corrected chi connectivity index (χ4v) is 3.29. The number of nitrogens with one attached hydrogen (secondary N) is 1. The number of hydrogen-bond donors (Lipinski definition) is 2. The summed E-state index contributed by atoms with van der Waals surface area (Å²) >= 11 is 0. The SMILES string of the molecule is OC1CCC(CNc2ccc3c(c2)CCC3)CC1. The normalized spacial score (nSPS) is 26.9. The molecule has 1 saturated carbocycles. The molecule has 18 heavy (non-hydrogen) atoms. The van der Waals surface area contributed by atoms with Crippen LogP contribution in [-0.2, 0) is 12.8 Å². The summed E-state index contributed by atoms with van der Waals surface area (Å²) in [5.41, 5.74) is 4.36. The largest absolute Gasteiger partial charge is 0.393 e. The monoisotopic (exact) mass is 245 g/mol. The van der Waals surface area contributed by atoms with Gasteiger partial charge in [-0.3, -0.25) is 0 Å². The van der Waals surface area contributed by atoms with Crippen molar-refractivity contribution in [3.05, 3.63) is 29.3 Å². The van der Waals surface area contributed by atoms with Crippen molar-refractivity contribution in [2.45, 2.75) is 51.0 Å². The molecule has 2 N–H and O–H groups in total. The molecule has 2 nitrogen and oxygen atoms in total. The van der Waals surface area contributed by atoms with Crippen LogP contribution < -0.4 is 5.32 Å². The number of aliphatic hydroxyl groups is 1. The number of fused-ring (bicyclic) bond motifs is 1. The van der Waals surface area contributed by atoms with E-state index in [-0.39, 0.29) is 6.10 Å². The van der Waals surface area contributed by atoms with Gasteiger partial charge in [0, 0.05) is 12.2 Å². The Kier molecular flexibility index (Phi) is 3.55. The second kappa shape index (κ2) is 5.31. The van der Waals surface area contributed by atoms with E-state index in [9.17, 15) is 5.11 Å². The lowest BCUT2D eigenvalue weighted by Gasteiger charge is -2.25. The van der Waals surface area contributed by atoms with Gasteiger partial charge in [-0.2, -0.15) is 0 Å². The quantitative estimate of drug-likeness (QED) is 0.857. The molecular weight excluding hydrogens is 222 g/mol. The lowest BCUT2D eigenvalue weighted by molar-refractivity contribution is 0.111. The number of hydrogen-bond acceptors (Lipinski definition) is 2. The average molecular weight is 245 g/mol. The Bertz CT molecular complexity index is 408. The van der Waals surface area contributed by atoms with E-state index in [1.807, 2.05) is 0 Å². The van der Waals surface area contributed by atoms with E-state index in [1.165, 1.54) is 37.8 Å². The van der Waals surface area contributed by atoms with Gasteiger partial charge in [-0.25, -0.2) is 0 Å². The van der Waals surface area contributed by atoms with Crippen LogP contribution >= 0.6 is 0 Å². The van der Waals surface area contributed by atoms with Crippen LogP contribution in [0.3, 0.4) is 0 Å². The van der Waals surface area contributed by atoms with Crippen molar-refractivity contribution in [1.29, 1.82) is 0 Å². The van der Waals surface area contributed by atoms with Gasteiger partial charge < -0.3 is 10.4 Å². The molecule has 2 aliphatic rings. The number of anilines is 1. The third-order valence-corrected chi connectivity index (χ3v) is 4.51. The van der Waals surface area contributed by atoms with Gasteiger partial charge in [0.2, 0.25) is 0 Å². The van der Waals surface area contributed by atoms with Crippen LogP contribution in [0.2, 0.25) is 0 Å². The predicted octanol–water partition coefficient (Wildman–Crippen LogP) is 3.14. The van der Waals surface area contributed by atoms with Gasteiger partial charge in [-0.05, 0) is 74.1 Å². The lowest BCUT2D eigenvalue weighted by Crippen LogP contribution is -2.23. The summed E-state index contributed by atoms with van der Waals surface area (Å²) in [6.45, 7) is 1.06. The molecule has 0 heterocycles. The number of aliphatic hydroxyl groups excluding tert-OH is 1. The maximum Gasteiger partial charge on any atom is 0.0540 e. The Morgan fingerprint density at radius 1 is 1.06 bits per heavy atom. The van der Waals surface area contributed by atoms with E-state index in [0.29, 0.717) is 0 Å². The lowest BCUT2D eigenvalue weighted by atomic mass is 9.87. The molecule has 0 bridgehead atoms. The molecule has 0 spiro atoms. The molecular formula is C16H23NO. The minimum Gasteiger partial charge on any atom is -0.393 e. The van der Waals surface area contributed by atoms with Crippen LogP contribution in [-0.4, -0.2) is 17.8 Å². The zero-order valence-corrected chi connectivity index (χ0v) is 11.0. The van der Waals surface area contributed by atoms with Crippen molar-refractivity contribution >= 4 is 5.69 Å². The van der Waals surface area contributed by atoms with E-state index < -0.39 is 0 Å². The maximum absolute atomic E-state index is 9.50. The summed E-state index contributed by atoms with van der Waals surface area (Å²) in [6.07, 6.45) is 8.09. The van der Waals surface area contributed by atoms with Gasteiger partial charge in [0.25, 0.3) is 0 Å². The standard InChI is InChI=1S/C16H23NO/c18-16-8-4-12(5-9-16)11-17-15-7-6-13-2-1-3-14(13)10-15/h6-7,10,12,16-18H,1-5,8-9,11H2. The van der Waals surface area contributed by atoms with Crippen LogP contribution in [0, 0.1) is 5.92 Å². The number of aryl methyl sites for hydroxylation is 2. The molecule has 98 valence electrons. The Morgan fingerprint density at radius 3 is 2.67 bits per heavy atom. The minimum absolute atomic E-state index is 0.0405. The van der Waals surface area contributed by atoms with Crippen LogP contribution in [0.4, 0.5) is 5.69 Å². The van der Waals surface area contributed by atoms with Crippen LogP contribution in [0.1, 0.15) is 43.2 Å². The Hall–Kier alpha value is -1.02. The molecule has 0 radical (unpaired) electrons. The molecule has 0 amide bonds. The Balaban J connectivity index is 1.54. The second-order valence-corrected chi connectivity index (χ2v) is 5.89. The molecule has 1 fully saturated rings. The van der Waals surface area contributed by atoms with Crippen LogP contribution in [0.25, 0.3) is 0 Å². The smallest absolute Gasteiger partial charge is 0.0540 e. The van der Waals surface area contributed by atoms with Crippen LogP contribution in [0.15, 0.2) is 18.2 Å². The summed E-state index contributed by atoms with van der Waals surface area (Å²) < 4.78 is 0. The van der Waals surface area contributed by atoms with Crippen molar-refractivity contribution in [2.24, 2.45) is 5.92 Å². The summed E-state index contributed by atoms with van der Waals surface area (Å²) in [5, 5.41) is 13.1.